The van der Waals surface area contributed by atoms with E-state index < -0.39 is 5.92 Å². The molecule has 0 saturated heterocycles. The SMILES string of the molecule is CC(=O)Nc1cc2c(cn1)c(Br)nn2-c1cccc(C(C)(F)F)n1. The van der Waals surface area contributed by atoms with E-state index in [0.717, 1.165) is 6.92 Å². The lowest BCUT2D eigenvalue weighted by Crippen LogP contribution is -2.12. The predicted octanol–water partition coefficient (Wildman–Crippen LogP) is 3.65. The van der Waals surface area contributed by atoms with Crippen molar-refractivity contribution in [3.63, 3.8) is 0 Å². The van der Waals surface area contributed by atoms with Crippen molar-refractivity contribution >= 4 is 38.6 Å². The maximum absolute atomic E-state index is 13.5. The Morgan fingerprint density at radius 2 is 2.12 bits per heavy atom. The second kappa shape index (κ2) is 5.90. The molecule has 0 aromatic carbocycles. The van der Waals surface area contributed by atoms with Crippen LogP contribution in [-0.2, 0) is 10.7 Å². The van der Waals surface area contributed by atoms with Crippen molar-refractivity contribution in [2.45, 2.75) is 19.8 Å². The van der Waals surface area contributed by atoms with Gasteiger partial charge in [0.1, 0.15) is 16.1 Å². The van der Waals surface area contributed by atoms with Crippen LogP contribution in [0.4, 0.5) is 14.6 Å². The number of anilines is 1. The minimum Gasteiger partial charge on any atom is -0.311 e. The number of hydrogen-bond donors (Lipinski definition) is 1. The quantitative estimate of drug-likeness (QED) is 0.734. The van der Waals surface area contributed by atoms with Gasteiger partial charge in [-0.15, -0.1) is 0 Å². The van der Waals surface area contributed by atoms with Crippen LogP contribution in [0.25, 0.3) is 16.7 Å². The first-order valence-corrected chi connectivity index (χ1v) is 7.72. The molecule has 0 aliphatic heterocycles. The van der Waals surface area contributed by atoms with Crippen molar-refractivity contribution in [1.29, 1.82) is 0 Å². The Kier molecular flexibility index (Phi) is 4.04. The number of rotatable bonds is 3. The lowest BCUT2D eigenvalue weighted by molar-refractivity contribution is -0.114. The molecule has 0 unspecified atom stereocenters. The summed E-state index contributed by atoms with van der Waals surface area (Å²) in [6.07, 6.45) is 1.53. The highest BCUT2D eigenvalue weighted by molar-refractivity contribution is 9.10. The Morgan fingerprint density at radius 1 is 1.38 bits per heavy atom. The molecule has 24 heavy (non-hydrogen) atoms. The van der Waals surface area contributed by atoms with E-state index >= 15 is 0 Å². The number of carbonyl (C=O) groups is 1. The summed E-state index contributed by atoms with van der Waals surface area (Å²) in [6, 6.07) is 5.93. The average Bonchev–Trinajstić information content (AvgIpc) is 2.83. The van der Waals surface area contributed by atoms with Gasteiger partial charge in [-0.3, -0.25) is 4.79 Å². The molecule has 0 bridgehead atoms. The number of carbonyl (C=O) groups excluding carboxylic acids is 1. The molecule has 9 heteroatoms. The van der Waals surface area contributed by atoms with Gasteiger partial charge in [-0.1, -0.05) is 6.07 Å². The van der Waals surface area contributed by atoms with Gasteiger partial charge in [0.2, 0.25) is 5.91 Å². The molecule has 6 nitrogen and oxygen atoms in total. The zero-order chi connectivity index (χ0) is 17.5. The van der Waals surface area contributed by atoms with Gasteiger partial charge in [0.05, 0.1) is 10.9 Å². The van der Waals surface area contributed by atoms with Gasteiger partial charge in [0.25, 0.3) is 5.92 Å². The second-order valence-electron chi connectivity index (χ2n) is 5.24. The molecule has 0 aliphatic rings. The van der Waals surface area contributed by atoms with Gasteiger partial charge in [0, 0.05) is 26.1 Å². The number of nitrogens with one attached hydrogen (secondary N) is 1. The number of alkyl halides is 2. The lowest BCUT2D eigenvalue weighted by atomic mass is 10.2. The number of fused-ring (bicyclic) bond motifs is 1. The van der Waals surface area contributed by atoms with E-state index in [9.17, 15) is 13.6 Å². The normalized spacial score (nSPS) is 11.7. The van der Waals surface area contributed by atoms with Crippen LogP contribution in [0.1, 0.15) is 19.5 Å². The van der Waals surface area contributed by atoms with Crippen molar-refractivity contribution < 1.29 is 13.6 Å². The van der Waals surface area contributed by atoms with E-state index in [4.69, 9.17) is 0 Å². The molecule has 3 aromatic rings. The van der Waals surface area contributed by atoms with Crippen LogP contribution >= 0.6 is 15.9 Å². The third kappa shape index (κ3) is 3.12. The molecule has 1 amide bonds. The number of hydrogen-bond acceptors (Lipinski definition) is 4. The summed E-state index contributed by atoms with van der Waals surface area (Å²) < 4.78 is 28.9. The predicted molar refractivity (Wildman–Crippen MR) is 88.2 cm³/mol. The molecular weight excluding hydrogens is 384 g/mol. The van der Waals surface area contributed by atoms with E-state index in [0.29, 0.717) is 21.3 Å². The maximum atomic E-state index is 13.5. The zero-order valence-corrected chi connectivity index (χ0v) is 14.3. The molecule has 3 heterocycles. The van der Waals surface area contributed by atoms with Crippen LogP contribution in [-0.4, -0.2) is 25.7 Å². The monoisotopic (exact) mass is 395 g/mol. The molecule has 1 N–H and O–H groups in total. The highest BCUT2D eigenvalue weighted by Gasteiger charge is 2.26. The Bertz CT molecular complexity index is 935. The molecule has 0 spiro atoms. The Hall–Kier alpha value is -2.42. The molecule has 0 aliphatic carbocycles. The molecule has 0 atom stereocenters. The number of halogens is 3. The molecule has 0 radical (unpaired) electrons. The largest absolute Gasteiger partial charge is 0.311 e. The molecule has 0 fully saturated rings. The maximum Gasteiger partial charge on any atom is 0.287 e. The molecule has 0 saturated carbocycles. The smallest absolute Gasteiger partial charge is 0.287 e. The minimum atomic E-state index is -3.06. The van der Waals surface area contributed by atoms with Crippen LogP contribution in [0, 0.1) is 0 Å². The summed E-state index contributed by atoms with van der Waals surface area (Å²) >= 11 is 3.31. The Morgan fingerprint density at radius 3 is 2.79 bits per heavy atom. The molecular formula is C15H12BrF2N5O. The summed E-state index contributed by atoms with van der Waals surface area (Å²) in [7, 11) is 0. The highest BCUT2D eigenvalue weighted by atomic mass is 79.9. The summed E-state index contributed by atoms with van der Waals surface area (Å²) in [5.74, 6) is -2.75. The standard InChI is InChI=1S/C15H12BrF2N5O/c1-8(24)20-12-6-10-9(7-19-12)14(16)22-23(10)13-5-3-4-11(21-13)15(2,17)18/h3-7H,1-2H3,(H,19,20,24). The second-order valence-corrected chi connectivity index (χ2v) is 5.99. The summed E-state index contributed by atoms with van der Waals surface area (Å²) in [5.41, 5.74) is 0.223. The van der Waals surface area contributed by atoms with E-state index in [1.54, 1.807) is 12.1 Å². The zero-order valence-electron chi connectivity index (χ0n) is 12.7. The first kappa shape index (κ1) is 16.4. The minimum absolute atomic E-state index is 0.240. The van der Waals surface area contributed by atoms with Gasteiger partial charge in [-0.25, -0.2) is 14.6 Å². The van der Waals surface area contributed by atoms with Crippen molar-refractivity contribution in [1.82, 2.24) is 19.7 Å². The highest BCUT2D eigenvalue weighted by Crippen LogP contribution is 2.29. The van der Waals surface area contributed by atoms with Crippen molar-refractivity contribution in [3.05, 3.63) is 40.8 Å². The first-order chi connectivity index (χ1) is 11.3. The van der Waals surface area contributed by atoms with E-state index in [-0.39, 0.29) is 17.4 Å². The number of aromatic nitrogens is 4. The van der Waals surface area contributed by atoms with Crippen molar-refractivity contribution in [2.24, 2.45) is 0 Å². The van der Waals surface area contributed by atoms with E-state index in [2.05, 4.69) is 36.3 Å². The Balaban J connectivity index is 2.17. The summed E-state index contributed by atoms with van der Waals surface area (Å²) in [4.78, 5) is 19.3. The number of pyridine rings is 2. The molecule has 124 valence electrons. The van der Waals surface area contributed by atoms with Crippen LogP contribution in [0.5, 0.6) is 0 Å². The van der Waals surface area contributed by atoms with Gasteiger partial charge in [-0.05, 0) is 28.1 Å². The van der Waals surface area contributed by atoms with Gasteiger partial charge in [0.15, 0.2) is 5.82 Å². The third-order valence-corrected chi connectivity index (χ3v) is 3.81. The lowest BCUT2D eigenvalue weighted by Gasteiger charge is -2.11. The van der Waals surface area contributed by atoms with Crippen molar-refractivity contribution in [2.75, 3.05) is 5.32 Å². The van der Waals surface area contributed by atoms with Gasteiger partial charge in [-0.2, -0.15) is 13.9 Å². The van der Waals surface area contributed by atoms with E-state index in [1.165, 1.54) is 29.9 Å². The summed E-state index contributed by atoms with van der Waals surface area (Å²) in [6.45, 7) is 2.16. The fraction of sp³-hybridized carbons (Fsp3) is 0.200. The van der Waals surface area contributed by atoms with Crippen LogP contribution in [0.3, 0.4) is 0 Å². The van der Waals surface area contributed by atoms with Crippen LogP contribution in [0.2, 0.25) is 0 Å². The third-order valence-electron chi connectivity index (χ3n) is 3.23. The molecule has 3 aromatic heterocycles. The molecule has 3 rings (SSSR count). The van der Waals surface area contributed by atoms with Crippen LogP contribution in [0.15, 0.2) is 35.1 Å². The fourth-order valence-corrected chi connectivity index (χ4v) is 2.65. The van der Waals surface area contributed by atoms with E-state index in [1.807, 2.05) is 0 Å². The number of nitrogens with zero attached hydrogens (tertiary/aromatic N) is 4. The number of amides is 1. The Labute approximate surface area is 144 Å². The van der Waals surface area contributed by atoms with Gasteiger partial charge >= 0.3 is 0 Å². The fourth-order valence-electron chi connectivity index (χ4n) is 2.18. The first-order valence-electron chi connectivity index (χ1n) is 6.93. The summed E-state index contributed by atoms with van der Waals surface area (Å²) in [5, 5.41) is 7.52. The van der Waals surface area contributed by atoms with Crippen LogP contribution < -0.4 is 5.32 Å². The van der Waals surface area contributed by atoms with Crippen molar-refractivity contribution in [3.8, 4) is 5.82 Å². The topological polar surface area (TPSA) is 72.7 Å². The van der Waals surface area contributed by atoms with Gasteiger partial charge < -0.3 is 5.32 Å². The average molecular weight is 396 g/mol.